The molecule has 0 aromatic heterocycles. The van der Waals surface area contributed by atoms with Crippen LogP contribution in [0, 0.1) is 0 Å². The topological polar surface area (TPSA) is 64.3 Å². The summed E-state index contributed by atoms with van der Waals surface area (Å²) in [5.74, 6) is 0.582. The first-order valence-corrected chi connectivity index (χ1v) is 8.74. The molecule has 0 saturated carbocycles. The van der Waals surface area contributed by atoms with E-state index in [1.54, 1.807) is 18.7 Å². The summed E-state index contributed by atoms with van der Waals surface area (Å²) in [4.78, 5) is 13.2. The zero-order valence-corrected chi connectivity index (χ0v) is 15.5. The summed E-state index contributed by atoms with van der Waals surface area (Å²) in [7, 11) is 0. The molecule has 0 aliphatic carbocycles. The van der Waals surface area contributed by atoms with Crippen LogP contribution in [0.15, 0.2) is 53.4 Å². The van der Waals surface area contributed by atoms with E-state index in [0.717, 1.165) is 22.6 Å². The molecule has 130 valence electrons. The molecule has 3 N–H and O–H groups in total. The highest BCUT2D eigenvalue weighted by Gasteiger charge is 2.13. The second-order valence-electron chi connectivity index (χ2n) is 5.22. The van der Waals surface area contributed by atoms with Crippen LogP contribution < -0.4 is 15.8 Å². The van der Waals surface area contributed by atoms with Crippen LogP contribution in [0.1, 0.15) is 12.5 Å². The minimum atomic E-state index is -0.526. The standard InChI is InChI=1S/C18H22N2O2S.ClH/c1-13(22-16-7-9-17(23-2)10-8-16)18(21)20-12-11-14-3-5-15(19)6-4-14;/h3-10,13H,11-12,19H2,1-2H3,(H,20,21);1H. The third kappa shape index (κ3) is 6.34. The van der Waals surface area contributed by atoms with Gasteiger partial charge in [-0.05, 0) is 61.6 Å². The van der Waals surface area contributed by atoms with E-state index in [-0.39, 0.29) is 18.3 Å². The molecule has 0 spiro atoms. The maximum atomic E-state index is 12.1. The number of carbonyl (C=O) groups is 1. The normalized spacial score (nSPS) is 11.2. The molecule has 0 bridgehead atoms. The van der Waals surface area contributed by atoms with E-state index >= 15 is 0 Å². The summed E-state index contributed by atoms with van der Waals surface area (Å²) < 4.78 is 5.66. The van der Waals surface area contributed by atoms with Crippen molar-refractivity contribution < 1.29 is 9.53 Å². The van der Waals surface area contributed by atoms with Crippen molar-refractivity contribution in [1.82, 2.24) is 5.32 Å². The van der Waals surface area contributed by atoms with E-state index in [1.165, 1.54) is 0 Å². The molecule has 2 aromatic carbocycles. The Morgan fingerprint density at radius 1 is 1.17 bits per heavy atom. The van der Waals surface area contributed by atoms with Crippen molar-refractivity contribution in [3.63, 3.8) is 0 Å². The van der Waals surface area contributed by atoms with Gasteiger partial charge in [-0.2, -0.15) is 0 Å². The van der Waals surface area contributed by atoms with Crippen LogP contribution in [0.2, 0.25) is 0 Å². The number of ether oxygens (including phenoxy) is 1. The van der Waals surface area contributed by atoms with E-state index in [9.17, 15) is 4.79 Å². The van der Waals surface area contributed by atoms with Crippen LogP contribution in [0.4, 0.5) is 5.69 Å². The molecule has 0 aliphatic heterocycles. The summed E-state index contributed by atoms with van der Waals surface area (Å²) in [6, 6.07) is 15.4. The Labute approximate surface area is 153 Å². The van der Waals surface area contributed by atoms with Crippen LogP contribution in [-0.2, 0) is 11.2 Å². The Kier molecular flexibility index (Phi) is 8.50. The van der Waals surface area contributed by atoms with Crippen molar-refractivity contribution in [1.29, 1.82) is 0 Å². The first-order chi connectivity index (χ1) is 11.1. The van der Waals surface area contributed by atoms with Gasteiger partial charge in [-0.15, -0.1) is 24.2 Å². The van der Waals surface area contributed by atoms with Crippen molar-refractivity contribution in [3.05, 3.63) is 54.1 Å². The average Bonchev–Trinajstić information content (AvgIpc) is 2.57. The lowest BCUT2D eigenvalue weighted by Gasteiger charge is -2.15. The number of nitrogens with one attached hydrogen (secondary N) is 1. The fraction of sp³-hybridized carbons (Fsp3) is 0.278. The summed E-state index contributed by atoms with van der Waals surface area (Å²) in [6.45, 7) is 2.32. The molecule has 6 heteroatoms. The van der Waals surface area contributed by atoms with Crippen LogP contribution >= 0.6 is 24.2 Å². The fourth-order valence-corrected chi connectivity index (χ4v) is 2.48. The van der Waals surface area contributed by atoms with Gasteiger partial charge in [-0.3, -0.25) is 4.79 Å². The third-order valence-electron chi connectivity index (χ3n) is 3.43. The molecule has 1 unspecified atom stereocenters. The Morgan fingerprint density at radius 2 is 1.79 bits per heavy atom. The van der Waals surface area contributed by atoms with E-state index in [1.807, 2.05) is 54.8 Å². The Bertz CT molecular complexity index is 632. The highest BCUT2D eigenvalue weighted by Crippen LogP contribution is 2.19. The number of anilines is 1. The number of thioether (sulfide) groups is 1. The van der Waals surface area contributed by atoms with Crippen LogP contribution in [0.3, 0.4) is 0 Å². The van der Waals surface area contributed by atoms with Gasteiger partial charge < -0.3 is 15.8 Å². The molecule has 0 saturated heterocycles. The van der Waals surface area contributed by atoms with E-state index < -0.39 is 6.10 Å². The number of rotatable bonds is 7. The second kappa shape index (κ2) is 10.1. The first-order valence-electron chi connectivity index (χ1n) is 7.51. The summed E-state index contributed by atoms with van der Waals surface area (Å²) in [5.41, 5.74) is 7.53. The molecule has 0 aliphatic rings. The number of carbonyl (C=O) groups excluding carboxylic acids is 1. The maximum absolute atomic E-state index is 12.1. The van der Waals surface area contributed by atoms with Gasteiger partial charge in [0.25, 0.3) is 5.91 Å². The molecule has 1 amide bonds. The molecular formula is C18H23ClN2O2S. The third-order valence-corrected chi connectivity index (χ3v) is 4.18. The van der Waals surface area contributed by atoms with Gasteiger partial charge in [0, 0.05) is 17.1 Å². The Balaban J connectivity index is 0.00000288. The van der Waals surface area contributed by atoms with Gasteiger partial charge in [0.15, 0.2) is 6.10 Å². The number of hydrogen-bond acceptors (Lipinski definition) is 4. The van der Waals surface area contributed by atoms with Crippen molar-refractivity contribution in [2.75, 3.05) is 18.5 Å². The lowest BCUT2D eigenvalue weighted by atomic mass is 10.1. The summed E-state index contributed by atoms with van der Waals surface area (Å²) in [6.07, 6.45) is 2.26. The molecule has 0 radical (unpaired) electrons. The zero-order chi connectivity index (χ0) is 16.7. The minimum Gasteiger partial charge on any atom is -0.481 e. The van der Waals surface area contributed by atoms with Gasteiger partial charge in [0.2, 0.25) is 0 Å². The van der Waals surface area contributed by atoms with E-state index in [0.29, 0.717) is 12.3 Å². The number of amides is 1. The molecule has 1 atom stereocenters. The monoisotopic (exact) mass is 366 g/mol. The fourth-order valence-electron chi connectivity index (χ4n) is 2.07. The lowest BCUT2D eigenvalue weighted by molar-refractivity contribution is -0.127. The van der Waals surface area contributed by atoms with Crippen molar-refractivity contribution in [2.45, 2.75) is 24.3 Å². The minimum absolute atomic E-state index is 0. The van der Waals surface area contributed by atoms with Gasteiger partial charge in [0.05, 0.1) is 0 Å². The SMILES string of the molecule is CSc1ccc(OC(C)C(=O)NCCc2ccc(N)cc2)cc1.Cl. The smallest absolute Gasteiger partial charge is 0.260 e. The van der Waals surface area contributed by atoms with Gasteiger partial charge >= 0.3 is 0 Å². The first kappa shape index (κ1) is 20.2. The number of hydrogen-bond donors (Lipinski definition) is 2. The molecule has 24 heavy (non-hydrogen) atoms. The highest BCUT2D eigenvalue weighted by molar-refractivity contribution is 7.98. The molecule has 2 rings (SSSR count). The number of nitrogen functional groups attached to an aromatic ring is 1. The predicted molar refractivity (Wildman–Crippen MR) is 103 cm³/mol. The lowest BCUT2D eigenvalue weighted by Crippen LogP contribution is -2.37. The predicted octanol–water partition coefficient (Wildman–Crippen LogP) is 3.54. The quantitative estimate of drug-likeness (QED) is 0.581. The van der Waals surface area contributed by atoms with Crippen molar-refractivity contribution in [3.8, 4) is 5.75 Å². The maximum Gasteiger partial charge on any atom is 0.260 e. The Morgan fingerprint density at radius 3 is 2.38 bits per heavy atom. The number of halogens is 1. The summed E-state index contributed by atoms with van der Waals surface area (Å²) >= 11 is 1.67. The second-order valence-corrected chi connectivity index (χ2v) is 6.10. The van der Waals surface area contributed by atoms with Gasteiger partial charge in [-0.1, -0.05) is 12.1 Å². The van der Waals surface area contributed by atoms with Crippen LogP contribution in [0.25, 0.3) is 0 Å². The van der Waals surface area contributed by atoms with Gasteiger partial charge in [-0.25, -0.2) is 0 Å². The number of nitrogens with two attached hydrogens (primary N) is 1. The zero-order valence-electron chi connectivity index (χ0n) is 13.8. The van der Waals surface area contributed by atoms with Gasteiger partial charge in [0.1, 0.15) is 5.75 Å². The van der Waals surface area contributed by atoms with Crippen LogP contribution in [0.5, 0.6) is 5.75 Å². The molecule has 4 nitrogen and oxygen atoms in total. The van der Waals surface area contributed by atoms with Crippen LogP contribution in [-0.4, -0.2) is 24.8 Å². The summed E-state index contributed by atoms with van der Waals surface area (Å²) in [5, 5.41) is 2.89. The van der Waals surface area contributed by atoms with E-state index in [4.69, 9.17) is 10.5 Å². The van der Waals surface area contributed by atoms with Crippen molar-refractivity contribution >= 4 is 35.8 Å². The largest absolute Gasteiger partial charge is 0.481 e. The Hall–Kier alpha value is -1.85. The van der Waals surface area contributed by atoms with E-state index in [2.05, 4.69) is 5.32 Å². The molecule has 0 heterocycles. The molecule has 2 aromatic rings. The highest BCUT2D eigenvalue weighted by atomic mass is 35.5. The molecular weight excluding hydrogens is 344 g/mol. The van der Waals surface area contributed by atoms with Crippen molar-refractivity contribution in [2.24, 2.45) is 0 Å². The molecule has 0 fully saturated rings. The number of benzene rings is 2. The average molecular weight is 367 g/mol.